The molecule has 1 unspecified atom stereocenters. The molecule has 0 saturated carbocycles. The Morgan fingerprint density at radius 2 is 2.09 bits per heavy atom. The third-order valence-electron chi connectivity index (χ3n) is 3.31. The first-order valence-corrected chi connectivity index (χ1v) is 8.66. The smallest absolute Gasteiger partial charge is 0.258 e. The van der Waals surface area contributed by atoms with E-state index < -0.39 is 0 Å². The van der Waals surface area contributed by atoms with Gasteiger partial charge < -0.3 is 10.1 Å². The van der Waals surface area contributed by atoms with Crippen molar-refractivity contribution in [2.45, 2.75) is 13.0 Å². The van der Waals surface area contributed by atoms with Crippen molar-refractivity contribution in [1.29, 1.82) is 0 Å². The molecule has 3 rings (SSSR count). The molecule has 1 atom stereocenters. The number of benzene rings is 1. The summed E-state index contributed by atoms with van der Waals surface area (Å²) in [5.74, 6) is 0.241. The molecule has 3 aromatic rings. The molecule has 0 saturated heterocycles. The van der Waals surface area contributed by atoms with E-state index in [-0.39, 0.29) is 18.6 Å². The number of nitrogens with zero attached hydrogens (tertiary/aromatic N) is 2. The summed E-state index contributed by atoms with van der Waals surface area (Å²) in [5.41, 5.74) is 1.03. The molecule has 23 heavy (non-hydrogen) atoms. The van der Waals surface area contributed by atoms with Crippen LogP contribution < -0.4 is 10.1 Å². The zero-order valence-corrected chi connectivity index (χ0v) is 14.7. The Bertz CT molecular complexity index is 820. The number of hydrogen-bond donors (Lipinski definition) is 1. The average Bonchev–Trinajstić information content (AvgIpc) is 3.02. The zero-order valence-electron chi connectivity index (χ0n) is 12.3. The second-order valence-electron chi connectivity index (χ2n) is 4.95. The molecule has 5 nitrogen and oxygen atoms in total. The Balaban J connectivity index is 1.59. The Morgan fingerprint density at radius 1 is 1.30 bits per heavy atom. The second kappa shape index (κ2) is 7.06. The van der Waals surface area contributed by atoms with E-state index in [4.69, 9.17) is 4.74 Å². The lowest BCUT2D eigenvalue weighted by atomic mass is 10.1. The van der Waals surface area contributed by atoms with Crippen molar-refractivity contribution >= 4 is 43.4 Å². The fourth-order valence-electron chi connectivity index (χ4n) is 2.13. The molecule has 0 aliphatic carbocycles. The first-order chi connectivity index (χ1) is 11.1. The van der Waals surface area contributed by atoms with Gasteiger partial charge in [-0.15, -0.1) is 11.3 Å². The van der Waals surface area contributed by atoms with E-state index in [1.165, 1.54) is 17.7 Å². The molecule has 7 heteroatoms. The minimum absolute atomic E-state index is 0.0805. The van der Waals surface area contributed by atoms with Gasteiger partial charge in [-0.2, -0.15) is 0 Å². The number of amides is 1. The van der Waals surface area contributed by atoms with E-state index in [1.54, 1.807) is 0 Å². The largest absolute Gasteiger partial charge is 0.467 e. The number of rotatable bonds is 5. The van der Waals surface area contributed by atoms with Gasteiger partial charge >= 0.3 is 0 Å². The highest BCUT2D eigenvalue weighted by molar-refractivity contribution is 9.10. The van der Waals surface area contributed by atoms with Crippen molar-refractivity contribution in [3.05, 3.63) is 52.1 Å². The number of nitrogens with one attached hydrogen (secondary N) is 1. The van der Waals surface area contributed by atoms with Crippen LogP contribution in [0.25, 0.3) is 10.2 Å². The van der Waals surface area contributed by atoms with E-state index in [0.29, 0.717) is 5.88 Å². The van der Waals surface area contributed by atoms with Crippen molar-refractivity contribution in [2.24, 2.45) is 0 Å². The lowest BCUT2D eigenvalue weighted by Gasteiger charge is -2.14. The van der Waals surface area contributed by atoms with Crippen molar-refractivity contribution in [1.82, 2.24) is 15.3 Å². The number of ether oxygens (including phenoxy) is 1. The monoisotopic (exact) mass is 391 g/mol. The van der Waals surface area contributed by atoms with Crippen LogP contribution in [-0.4, -0.2) is 22.5 Å². The molecule has 0 bridgehead atoms. The fraction of sp³-hybridized carbons (Fsp3) is 0.188. The summed E-state index contributed by atoms with van der Waals surface area (Å²) in [5, 5.41) is 5.65. The number of fused-ring (bicyclic) bond motifs is 1. The van der Waals surface area contributed by atoms with Crippen molar-refractivity contribution in [3.8, 4) is 5.88 Å². The van der Waals surface area contributed by atoms with Crippen molar-refractivity contribution < 1.29 is 9.53 Å². The molecule has 0 spiro atoms. The molecular weight excluding hydrogens is 378 g/mol. The summed E-state index contributed by atoms with van der Waals surface area (Å²) in [6.45, 7) is 1.85. The molecule has 0 fully saturated rings. The van der Waals surface area contributed by atoms with Gasteiger partial charge in [-0.25, -0.2) is 9.97 Å². The van der Waals surface area contributed by atoms with Crippen LogP contribution >= 0.6 is 27.3 Å². The van der Waals surface area contributed by atoms with Gasteiger partial charge in [0.25, 0.3) is 5.91 Å². The second-order valence-corrected chi connectivity index (χ2v) is 6.76. The van der Waals surface area contributed by atoms with Crippen LogP contribution in [0.5, 0.6) is 5.88 Å². The van der Waals surface area contributed by atoms with Gasteiger partial charge in [0.2, 0.25) is 5.88 Å². The first kappa shape index (κ1) is 15.9. The van der Waals surface area contributed by atoms with E-state index in [0.717, 1.165) is 20.3 Å². The molecule has 0 aliphatic rings. The number of halogens is 1. The highest BCUT2D eigenvalue weighted by Gasteiger charge is 2.12. The Hall–Kier alpha value is -1.99. The topological polar surface area (TPSA) is 64.1 Å². The summed E-state index contributed by atoms with van der Waals surface area (Å²) in [4.78, 5) is 21.1. The molecule has 118 valence electrons. The highest BCUT2D eigenvalue weighted by atomic mass is 79.9. The quantitative estimate of drug-likeness (QED) is 0.719. The maximum Gasteiger partial charge on any atom is 0.258 e. The minimum Gasteiger partial charge on any atom is -0.467 e. The molecule has 1 N–H and O–H groups in total. The molecular formula is C16H14BrN3O2S. The van der Waals surface area contributed by atoms with E-state index >= 15 is 0 Å². The zero-order chi connectivity index (χ0) is 16.2. The number of hydrogen-bond acceptors (Lipinski definition) is 5. The van der Waals surface area contributed by atoms with Crippen LogP contribution in [-0.2, 0) is 4.79 Å². The molecule has 0 radical (unpaired) electrons. The average molecular weight is 392 g/mol. The number of carbonyl (C=O) groups is 1. The Kier molecular flexibility index (Phi) is 4.88. The van der Waals surface area contributed by atoms with Gasteiger partial charge in [0.05, 0.1) is 11.4 Å². The maximum atomic E-state index is 12.1. The SMILES string of the molecule is CC(NC(=O)COc1ncnc2sccc12)c1ccc(Br)cc1. The van der Waals surface area contributed by atoms with Crippen LogP contribution in [0, 0.1) is 0 Å². The van der Waals surface area contributed by atoms with E-state index in [1.807, 2.05) is 42.6 Å². The summed E-state index contributed by atoms with van der Waals surface area (Å²) in [6.07, 6.45) is 1.44. The molecule has 0 aliphatic heterocycles. The minimum atomic E-state index is -0.192. The van der Waals surface area contributed by atoms with Crippen molar-refractivity contribution in [3.63, 3.8) is 0 Å². The Labute approximate surface area is 145 Å². The van der Waals surface area contributed by atoms with Gasteiger partial charge in [0.1, 0.15) is 11.2 Å². The van der Waals surface area contributed by atoms with Crippen LogP contribution in [0.2, 0.25) is 0 Å². The maximum absolute atomic E-state index is 12.1. The molecule has 1 amide bonds. The van der Waals surface area contributed by atoms with Gasteiger partial charge in [-0.05, 0) is 36.1 Å². The van der Waals surface area contributed by atoms with Gasteiger partial charge in [0.15, 0.2) is 6.61 Å². The van der Waals surface area contributed by atoms with Crippen LogP contribution in [0.15, 0.2) is 46.5 Å². The standard InChI is InChI=1S/C16H14BrN3O2S/c1-10(11-2-4-12(17)5-3-11)20-14(21)8-22-15-13-6-7-23-16(13)19-9-18-15/h2-7,9-10H,8H2,1H3,(H,20,21). The lowest BCUT2D eigenvalue weighted by molar-refractivity contribution is -0.123. The highest BCUT2D eigenvalue weighted by Crippen LogP contribution is 2.25. The summed E-state index contributed by atoms with van der Waals surface area (Å²) in [7, 11) is 0. The van der Waals surface area contributed by atoms with Crippen LogP contribution in [0.3, 0.4) is 0 Å². The van der Waals surface area contributed by atoms with Gasteiger partial charge in [-0.3, -0.25) is 4.79 Å². The first-order valence-electron chi connectivity index (χ1n) is 6.99. The fourth-order valence-corrected chi connectivity index (χ4v) is 3.12. The Morgan fingerprint density at radius 3 is 2.87 bits per heavy atom. The van der Waals surface area contributed by atoms with Crippen LogP contribution in [0.1, 0.15) is 18.5 Å². The summed E-state index contributed by atoms with van der Waals surface area (Å²) >= 11 is 4.90. The predicted octanol–water partition coefficient (Wildman–Crippen LogP) is 3.71. The van der Waals surface area contributed by atoms with Gasteiger partial charge in [-0.1, -0.05) is 28.1 Å². The summed E-state index contributed by atoms with van der Waals surface area (Å²) < 4.78 is 6.54. The van der Waals surface area contributed by atoms with Crippen molar-refractivity contribution in [2.75, 3.05) is 6.61 Å². The van der Waals surface area contributed by atoms with Gasteiger partial charge in [0, 0.05) is 4.47 Å². The van der Waals surface area contributed by atoms with E-state index in [9.17, 15) is 4.79 Å². The predicted molar refractivity (Wildman–Crippen MR) is 93.6 cm³/mol. The third kappa shape index (κ3) is 3.86. The van der Waals surface area contributed by atoms with E-state index in [2.05, 4.69) is 31.2 Å². The summed E-state index contributed by atoms with van der Waals surface area (Å²) in [6, 6.07) is 9.62. The number of carbonyl (C=O) groups excluding carboxylic acids is 1. The molecule has 2 heterocycles. The number of thiophene rings is 1. The third-order valence-corrected chi connectivity index (χ3v) is 4.66. The lowest BCUT2D eigenvalue weighted by Crippen LogP contribution is -2.31. The normalized spacial score (nSPS) is 12.1. The number of aromatic nitrogens is 2. The molecule has 1 aromatic carbocycles. The van der Waals surface area contributed by atoms with Crippen LogP contribution in [0.4, 0.5) is 0 Å². The molecule has 2 aromatic heterocycles.